The van der Waals surface area contributed by atoms with E-state index in [1.807, 2.05) is 18.4 Å². The lowest BCUT2D eigenvalue weighted by Crippen LogP contribution is -2.41. The van der Waals surface area contributed by atoms with Gasteiger partial charge in [-0.15, -0.1) is 11.3 Å². The predicted octanol–water partition coefficient (Wildman–Crippen LogP) is 3.40. The molecular formula is C17H17Cl2N3O3S. The molecule has 1 aromatic carbocycles. The Morgan fingerprint density at radius 1 is 1.35 bits per heavy atom. The number of aryl methyl sites for hydroxylation is 1. The Labute approximate surface area is 165 Å². The molecule has 6 nitrogen and oxygen atoms in total. The molecule has 0 bridgehead atoms. The van der Waals surface area contributed by atoms with Gasteiger partial charge >= 0.3 is 0 Å². The Balaban J connectivity index is 1.77. The van der Waals surface area contributed by atoms with Crippen LogP contribution in [0.15, 0.2) is 34.7 Å². The van der Waals surface area contributed by atoms with E-state index in [0.717, 1.165) is 10.4 Å². The highest BCUT2D eigenvalue weighted by Crippen LogP contribution is 2.28. The predicted molar refractivity (Wildman–Crippen MR) is 104 cm³/mol. The van der Waals surface area contributed by atoms with Crippen LogP contribution in [-0.4, -0.2) is 30.7 Å². The normalized spacial score (nSPS) is 12.0. The van der Waals surface area contributed by atoms with E-state index in [1.165, 1.54) is 17.4 Å². The first-order valence-corrected chi connectivity index (χ1v) is 9.26. The number of hydrazone groups is 1. The van der Waals surface area contributed by atoms with E-state index in [4.69, 9.17) is 27.9 Å². The molecule has 1 atom stereocenters. The van der Waals surface area contributed by atoms with Crippen LogP contribution in [0.25, 0.3) is 0 Å². The first kappa shape index (κ1) is 20.2. The van der Waals surface area contributed by atoms with E-state index >= 15 is 0 Å². The topological polar surface area (TPSA) is 79.8 Å². The SMILES string of the molecule is Cc1ccsc1/C=N/NC(=O)CNC(=O)C(C)Oc1ccc(Cl)cc1Cl. The molecule has 1 aromatic heterocycles. The molecule has 0 fully saturated rings. The zero-order valence-electron chi connectivity index (χ0n) is 14.1. The van der Waals surface area contributed by atoms with Crippen LogP contribution in [0.2, 0.25) is 10.0 Å². The molecule has 2 aromatic rings. The third kappa shape index (κ3) is 6.01. The number of thiophene rings is 1. The van der Waals surface area contributed by atoms with Crippen LogP contribution >= 0.6 is 34.5 Å². The van der Waals surface area contributed by atoms with E-state index in [-0.39, 0.29) is 6.54 Å². The summed E-state index contributed by atoms with van der Waals surface area (Å²) in [5.41, 5.74) is 3.43. The minimum Gasteiger partial charge on any atom is -0.479 e. The van der Waals surface area contributed by atoms with Gasteiger partial charge in [0.05, 0.1) is 17.8 Å². The average molecular weight is 414 g/mol. The minimum atomic E-state index is -0.834. The van der Waals surface area contributed by atoms with Gasteiger partial charge in [-0.05, 0) is 49.1 Å². The summed E-state index contributed by atoms with van der Waals surface area (Å²) in [7, 11) is 0. The highest BCUT2D eigenvalue weighted by molar-refractivity contribution is 7.11. The minimum absolute atomic E-state index is 0.221. The van der Waals surface area contributed by atoms with Gasteiger partial charge in [0.25, 0.3) is 11.8 Å². The zero-order valence-corrected chi connectivity index (χ0v) is 16.4. The van der Waals surface area contributed by atoms with Gasteiger partial charge in [0.2, 0.25) is 0 Å². The molecule has 9 heteroatoms. The summed E-state index contributed by atoms with van der Waals surface area (Å²) in [5.74, 6) is -0.566. The summed E-state index contributed by atoms with van der Waals surface area (Å²) < 4.78 is 5.47. The van der Waals surface area contributed by atoms with Gasteiger partial charge < -0.3 is 10.1 Å². The molecule has 138 valence electrons. The second-order valence-electron chi connectivity index (χ2n) is 5.31. The van der Waals surface area contributed by atoms with Gasteiger partial charge in [0.1, 0.15) is 5.75 Å². The molecule has 2 amide bonds. The van der Waals surface area contributed by atoms with Crippen molar-refractivity contribution in [3.8, 4) is 5.75 Å². The molecule has 1 unspecified atom stereocenters. The molecule has 0 aliphatic rings. The van der Waals surface area contributed by atoms with Crippen LogP contribution in [0.3, 0.4) is 0 Å². The Morgan fingerprint density at radius 2 is 2.12 bits per heavy atom. The number of carbonyl (C=O) groups is 2. The summed E-state index contributed by atoms with van der Waals surface area (Å²) in [4.78, 5) is 24.7. The molecule has 0 radical (unpaired) electrons. The summed E-state index contributed by atoms with van der Waals surface area (Å²) in [5, 5.41) is 9.03. The summed E-state index contributed by atoms with van der Waals surface area (Å²) in [6.07, 6.45) is 0.729. The van der Waals surface area contributed by atoms with Crippen LogP contribution in [-0.2, 0) is 9.59 Å². The smallest absolute Gasteiger partial charge is 0.261 e. The van der Waals surface area contributed by atoms with Crippen molar-refractivity contribution in [2.24, 2.45) is 5.10 Å². The number of amides is 2. The van der Waals surface area contributed by atoms with Gasteiger partial charge in [-0.3, -0.25) is 9.59 Å². The lowest BCUT2D eigenvalue weighted by Gasteiger charge is -2.15. The highest BCUT2D eigenvalue weighted by atomic mass is 35.5. The van der Waals surface area contributed by atoms with Crippen LogP contribution in [0.4, 0.5) is 0 Å². The van der Waals surface area contributed by atoms with Crippen LogP contribution in [0.5, 0.6) is 5.75 Å². The molecule has 0 saturated heterocycles. The Bertz CT molecular complexity index is 823. The van der Waals surface area contributed by atoms with Crippen LogP contribution in [0.1, 0.15) is 17.4 Å². The lowest BCUT2D eigenvalue weighted by molar-refractivity contribution is -0.130. The number of nitrogens with one attached hydrogen (secondary N) is 2. The average Bonchev–Trinajstić information content (AvgIpc) is 3.00. The first-order valence-electron chi connectivity index (χ1n) is 7.62. The van der Waals surface area contributed by atoms with Gasteiger partial charge in [0, 0.05) is 9.90 Å². The molecule has 0 spiro atoms. The third-order valence-corrected chi connectivity index (χ3v) is 4.75. The van der Waals surface area contributed by atoms with Crippen LogP contribution < -0.4 is 15.5 Å². The van der Waals surface area contributed by atoms with Gasteiger partial charge in [0.15, 0.2) is 6.10 Å². The van der Waals surface area contributed by atoms with Crippen molar-refractivity contribution in [2.45, 2.75) is 20.0 Å². The second-order valence-corrected chi connectivity index (χ2v) is 7.11. The molecule has 2 N–H and O–H groups in total. The Kier molecular flexibility index (Phi) is 7.44. The van der Waals surface area contributed by atoms with Gasteiger partial charge in [-0.2, -0.15) is 5.10 Å². The summed E-state index contributed by atoms with van der Waals surface area (Å²) in [6.45, 7) is 3.28. The van der Waals surface area contributed by atoms with E-state index in [2.05, 4.69) is 15.8 Å². The summed E-state index contributed by atoms with van der Waals surface area (Å²) >= 11 is 13.3. The van der Waals surface area contributed by atoms with Crippen molar-refractivity contribution in [3.05, 3.63) is 50.1 Å². The fraction of sp³-hybridized carbons (Fsp3) is 0.235. The maximum Gasteiger partial charge on any atom is 0.261 e. The number of carbonyl (C=O) groups excluding carboxylic acids is 2. The van der Waals surface area contributed by atoms with Crippen molar-refractivity contribution in [1.82, 2.24) is 10.7 Å². The number of ether oxygens (including phenoxy) is 1. The van der Waals surface area contributed by atoms with Crippen molar-refractivity contribution >= 4 is 52.6 Å². The maximum absolute atomic E-state index is 12.0. The van der Waals surface area contributed by atoms with E-state index in [9.17, 15) is 9.59 Å². The molecule has 0 saturated carbocycles. The number of rotatable bonds is 7. The lowest BCUT2D eigenvalue weighted by atomic mass is 10.3. The number of benzene rings is 1. The Morgan fingerprint density at radius 3 is 2.77 bits per heavy atom. The molecular weight excluding hydrogens is 397 g/mol. The van der Waals surface area contributed by atoms with Gasteiger partial charge in [-0.25, -0.2) is 5.43 Å². The van der Waals surface area contributed by atoms with Crippen molar-refractivity contribution in [1.29, 1.82) is 0 Å². The number of nitrogens with zero attached hydrogens (tertiary/aromatic N) is 1. The largest absolute Gasteiger partial charge is 0.479 e. The quantitative estimate of drug-likeness (QED) is 0.539. The van der Waals surface area contributed by atoms with Crippen molar-refractivity contribution in [2.75, 3.05) is 6.54 Å². The van der Waals surface area contributed by atoms with Crippen molar-refractivity contribution in [3.63, 3.8) is 0 Å². The standard InChI is InChI=1S/C17H17Cl2N3O3S/c1-10-5-6-26-15(10)8-21-22-16(23)9-20-17(24)11(2)25-14-4-3-12(18)7-13(14)19/h3-8,11H,9H2,1-2H3,(H,20,24)(H,22,23)/b21-8+. The van der Waals surface area contributed by atoms with Crippen molar-refractivity contribution < 1.29 is 14.3 Å². The fourth-order valence-electron chi connectivity index (χ4n) is 1.85. The molecule has 1 heterocycles. The Hall–Kier alpha value is -2.09. The molecule has 26 heavy (non-hydrogen) atoms. The zero-order chi connectivity index (χ0) is 19.1. The third-order valence-electron chi connectivity index (χ3n) is 3.26. The molecule has 2 rings (SSSR count). The highest BCUT2D eigenvalue weighted by Gasteiger charge is 2.17. The number of halogens is 2. The monoisotopic (exact) mass is 413 g/mol. The van der Waals surface area contributed by atoms with E-state index in [1.54, 1.807) is 25.3 Å². The first-order chi connectivity index (χ1) is 12.4. The number of hydrogen-bond donors (Lipinski definition) is 2. The fourth-order valence-corrected chi connectivity index (χ4v) is 3.08. The maximum atomic E-state index is 12.0. The molecule has 0 aliphatic heterocycles. The molecule has 0 aliphatic carbocycles. The van der Waals surface area contributed by atoms with E-state index < -0.39 is 17.9 Å². The van der Waals surface area contributed by atoms with E-state index in [0.29, 0.717) is 15.8 Å². The number of hydrogen-bond acceptors (Lipinski definition) is 5. The van der Waals surface area contributed by atoms with Gasteiger partial charge in [-0.1, -0.05) is 23.2 Å². The second kappa shape index (κ2) is 9.56. The van der Waals surface area contributed by atoms with Crippen LogP contribution in [0, 0.1) is 6.92 Å². The summed E-state index contributed by atoms with van der Waals surface area (Å²) in [6, 6.07) is 6.66.